The molecule has 0 fully saturated rings. The first kappa shape index (κ1) is 12.2. The highest BCUT2D eigenvalue weighted by molar-refractivity contribution is 5.75. The fourth-order valence-corrected chi connectivity index (χ4v) is 1.61. The Morgan fingerprint density at radius 2 is 1.89 bits per heavy atom. The van der Waals surface area contributed by atoms with Crippen molar-refractivity contribution < 1.29 is 13.2 Å². The van der Waals surface area contributed by atoms with Gasteiger partial charge in [0.15, 0.2) is 0 Å². The molecule has 0 amide bonds. The second-order valence-electron chi connectivity index (χ2n) is 3.71. The van der Waals surface area contributed by atoms with E-state index in [1.54, 1.807) is 0 Å². The third-order valence-corrected chi connectivity index (χ3v) is 2.50. The largest absolute Gasteiger partial charge is 0.416 e. The van der Waals surface area contributed by atoms with Crippen LogP contribution < -0.4 is 11.3 Å². The van der Waals surface area contributed by atoms with Crippen molar-refractivity contribution in [2.24, 2.45) is 0 Å². The summed E-state index contributed by atoms with van der Waals surface area (Å²) in [5, 5.41) is 0. The quantitative estimate of drug-likeness (QED) is 0.821. The van der Waals surface area contributed by atoms with E-state index in [0.29, 0.717) is 0 Å². The predicted molar refractivity (Wildman–Crippen MR) is 61.9 cm³/mol. The van der Waals surface area contributed by atoms with Crippen molar-refractivity contribution in [3.8, 4) is 11.1 Å². The Hall–Kier alpha value is -2.24. The lowest BCUT2D eigenvalue weighted by atomic mass is 10.0. The molecular weight excluding hydrogens is 245 g/mol. The molecule has 0 bridgehead atoms. The first-order valence-electron chi connectivity index (χ1n) is 5.04. The maximum absolute atomic E-state index is 12.6. The van der Waals surface area contributed by atoms with Crippen LogP contribution in [0.5, 0.6) is 0 Å². The summed E-state index contributed by atoms with van der Waals surface area (Å²) in [5.74, 6) is 0. The number of hydrogen-bond donors (Lipinski definition) is 2. The van der Waals surface area contributed by atoms with E-state index in [2.05, 4.69) is 4.98 Å². The van der Waals surface area contributed by atoms with E-state index in [1.807, 2.05) is 0 Å². The molecule has 1 aromatic heterocycles. The second-order valence-corrected chi connectivity index (χ2v) is 3.71. The molecule has 1 heterocycles. The summed E-state index contributed by atoms with van der Waals surface area (Å²) in [6, 6.07) is 6.14. The number of halogens is 3. The number of rotatable bonds is 1. The highest BCUT2D eigenvalue weighted by Gasteiger charge is 2.30. The van der Waals surface area contributed by atoms with Gasteiger partial charge in [0.25, 0.3) is 5.56 Å². The Labute approximate surface area is 100 Å². The normalized spacial score (nSPS) is 11.5. The maximum atomic E-state index is 12.6. The number of benzene rings is 1. The molecule has 0 spiro atoms. The molecule has 3 N–H and O–H groups in total. The first-order valence-corrected chi connectivity index (χ1v) is 5.04. The molecule has 0 saturated carbocycles. The summed E-state index contributed by atoms with van der Waals surface area (Å²) in [6.07, 6.45) is -3.08. The fraction of sp³-hybridized carbons (Fsp3) is 0.0833. The zero-order valence-corrected chi connectivity index (χ0v) is 9.08. The Kier molecular flexibility index (Phi) is 2.86. The Balaban J connectivity index is 2.59. The van der Waals surface area contributed by atoms with Crippen LogP contribution in [0.3, 0.4) is 0 Å². The van der Waals surface area contributed by atoms with Crippen LogP contribution in [-0.2, 0) is 6.18 Å². The van der Waals surface area contributed by atoms with Crippen LogP contribution in [0, 0.1) is 0 Å². The van der Waals surface area contributed by atoms with Crippen molar-refractivity contribution in [3.05, 3.63) is 52.4 Å². The van der Waals surface area contributed by atoms with E-state index < -0.39 is 17.3 Å². The van der Waals surface area contributed by atoms with Crippen LogP contribution in [0.2, 0.25) is 0 Å². The summed E-state index contributed by atoms with van der Waals surface area (Å²) in [7, 11) is 0. The van der Waals surface area contributed by atoms with Crippen molar-refractivity contribution in [1.29, 1.82) is 0 Å². The summed E-state index contributed by atoms with van der Waals surface area (Å²) < 4.78 is 37.7. The fourth-order valence-electron chi connectivity index (χ4n) is 1.61. The molecule has 3 nitrogen and oxygen atoms in total. The molecule has 0 aliphatic carbocycles. The van der Waals surface area contributed by atoms with Crippen LogP contribution >= 0.6 is 0 Å². The van der Waals surface area contributed by atoms with Gasteiger partial charge in [-0.1, -0.05) is 12.1 Å². The molecule has 0 radical (unpaired) electrons. The van der Waals surface area contributed by atoms with E-state index >= 15 is 0 Å². The highest BCUT2D eigenvalue weighted by atomic mass is 19.4. The third kappa shape index (κ3) is 2.22. The van der Waals surface area contributed by atoms with E-state index in [4.69, 9.17) is 5.73 Å². The molecular formula is C12H9F3N2O. The molecule has 1 aromatic carbocycles. The van der Waals surface area contributed by atoms with E-state index in [0.717, 1.165) is 12.1 Å². The number of nitrogen functional groups attached to an aromatic ring is 1. The topological polar surface area (TPSA) is 58.9 Å². The lowest BCUT2D eigenvalue weighted by Gasteiger charge is -2.09. The summed E-state index contributed by atoms with van der Waals surface area (Å²) in [4.78, 5) is 13.6. The molecule has 94 valence electrons. The Morgan fingerprint density at radius 1 is 1.17 bits per heavy atom. The van der Waals surface area contributed by atoms with Gasteiger partial charge in [-0.25, -0.2) is 0 Å². The molecule has 18 heavy (non-hydrogen) atoms. The summed E-state index contributed by atoms with van der Waals surface area (Å²) in [6.45, 7) is 0. The predicted octanol–water partition coefficient (Wildman–Crippen LogP) is 2.64. The molecule has 0 aliphatic heterocycles. The van der Waals surface area contributed by atoms with Crippen LogP contribution in [0.15, 0.2) is 41.3 Å². The summed E-state index contributed by atoms with van der Waals surface area (Å²) in [5.41, 5.74) is 4.69. The number of nitrogens with one attached hydrogen (secondary N) is 1. The highest BCUT2D eigenvalue weighted by Crippen LogP contribution is 2.32. The van der Waals surface area contributed by atoms with Gasteiger partial charge in [0.2, 0.25) is 0 Å². The minimum atomic E-state index is -4.42. The number of anilines is 1. The number of alkyl halides is 3. The lowest BCUT2D eigenvalue weighted by molar-refractivity contribution is -0.137. The van der Waals surface area contributed by atoms with E-state index in [1.165, 1.54) is 24.4 Å². The van der Waals surface area contributed by atoms with Crippen LogP contribution in [-0.4, -0.2) is 4.98 Å². The minimum Gasteiger partial charge on any atom is -0.394 e. The summed E-state index contributed by atoms with van der Waals surface area (Å²) >= 11 is 0. The Bertz CT molecular complexity index is 632. The Morgan fingerprint density at radius 3 is 2.56 bits per heavy atom. The number of aromatic nitrogens is 1. The van der Waals surface area contributed by atoms with Gasteiger partial charge < -0.3 is 10.7 Å². The van der Waals surface area contributed by atoms with Crippen molar-refractivity contribution in [2.75, 3.05) is 5.73 Å². The van der Waals surface area contributed by atoms with Crippen molar-refractivity contribution in [1.82, 2.24) is 4.98 Å². The monoisotopic (exact) mass is 254 g/mol. The molecule has 2 rings (SSSR count). The number of aromatic amines is 1. The average Bonchev–Trinajstić information content (AvgIpc) is 2.32. The van der Waals surface area contributed by atoms with E-state index in [9.17, 15) is 18.0 Å². The second kappa shape index (κ2) is 4.21. The van der Waals surface area contributed by atoms with Crippen molar-refractivity contribution in [3.63, 3.8) is 0 Å². The number of H-pyrrole nitrogens is 1. The van der Waals surface area contributed by atoms with Crippen LogP contribution in [0.25, 0.3) is 11.1 Å². The average molecular weight is 254 g/mol. The van der Waals surface area contributed by atoms with Crippen molar-refractivity contribution in [2.45, 2.75) is 6.18 Å². The third-order valence-electron chi connectivity index (χ3n) is 2.50. The zero-order chi connectivity index (χ0) is 13.3. The molecule has 0 aliphatic rings. The van der Waals surface area contributed by atoms with E-state index in [-0.39, 0.29) is 16.8 Å². The smallest absolute Gasteiger partial charge is 0.394 e. The SMILES string of the molecule is Nc1c(-c2cccc(C(F)(F)F)c2)cc[nH]c1=O. The zero-order valence-electron chi connectivity index (χ0n) is 9.08. The standard InChI is InChI=1S/C12H9F3N2O/c13-12(14,15)8-3-1-2-7(6-8)9-4-5-17-11(18)10(9)16/h1-6H,16H2,(H,17,18). The first-order chi connectivity index (χ1) is 8.39. The van der Waals surface area contributed by atoms with Crippen LogP contribution in [0.4, 0.5) is 18.9 Å². The van der Waals surface area contributed by atoms with Gasteiger partial charge in [-0.15, -0.1) is 0 Å². The van der Waals surface area contributed by atoms with Gasteiger partial charge in [-0.3, -0.25) is 4.79 Å². The van der Waals surface area contributed by atoms with Gasteiger partial charge in [0.1, 0.15) is 5.69 Å². The molecule has 6 heteroatoms. The van der Waals surface area contributed by atoms with Gasteiger partial charge in [-0.2, -0.15) is 13.2 Å². The molecule has 0 saturated heterocycles. The molecule has 2 aromatic rings. The van der Waals surface area contributed by atoms with Gasteiger partial charge >= 0.3 is 6.18 Å². The molecule has 0 atom stereocenters. The minimum absolute atomic E-state index is 0.100. The van der Waals surface area contributed by atoms with Gasteiger partial charge in [0.05, 0.1) is 5.56 Å². The number of pyridine rings is 1. The maximum Gasteiger partial charge on any atom is 0.416 e. The van der Waals surface area contributed by atoms with Gasteiger partial charge in [-0.05, 0) is 23.8 Å². The van der Waals surface area contributed by atoms with Crippen LogP contribution in [0.1, 0.15) is 5.56 Å². The number of nitrogens with two attached hydrogens (primary N) is 1. The van der Waals surface area contributed by atoms with Gasteiger partial charge in [0, 0.05) is 11.8 Å². The lowest BCUT2D eigenvalue weighted by Crippen LogP contribution is -2.12. The molecule has 0 unspecified atom stereocenters. The number of hydrogen-bond acceptors (Lipinski definition) is 2. The van der Waals surface area contributed by atoms with Crippen molar-refractivity contribution >= 4 is 5.69 Å².